The molecule has 0 N–H and O–H groups in total. The number of amides is 1. The van der Waals surface area contributed by atoms with E-state index in [2.05, 4.69) is 29.2 Å². The number of carbonyl (C=O) groups is 1. The average molecular weight is 354 g/mol. The first-order chi connectivity index (χ1) is 12.7. The van der Waals surface area contributed by atoms with Gasteiger partial charge in [0.05, 0.1) is 12.1 Å². The molecule has 0 unspecified atom stereocenters. The van der Waals surface area contributed by atoms with Gasteiger partial charge in [-0.1, -0.05) is 30.3 Å². The molecular weight excluding hydrogens is 331 g/mol. The molecule has 2 heterocycles. The minimum atomic E-state index is -0.290. The van der Waals surface area contributed by atoms with E-state index in [9.17, 15) is 9.18 Å². The van der Waals surface area contributed by atoms with E-state index in [4.69, 9.17) is 4.74 Å². The number of anilines is 1. The van der Waals surface area contributed by atoms with E-state index in [0.29, 0.717) is 0 Å². The molecule has 2 atom stereocenters. The van der Waals surface area contributed by atoms with E-state index < -0.39 is 0 Å². The molecule has 2 aromatic rings. The Bertz CT molecular complexity index is 750. The Morgan fingerprint density at radius 3 is 2.62 bits per heavy atom. The molecular formula is C21H23FN2O2. The molecule has 0 aromatic heterocycles. The summed E-state index contributed by atoms with van der Waals surface area (Å²) in [5.41, 5.74) is 2.09. The lowest BCUT2D eigenvalue weighted by Crippen LogP contribution is -2.61. The number of likely N-dealkylation sites (tertiary alicyclic amines) is 1. The summed E-state index contributed by atoms with van der Waals surface area (Å²) in [6, 6.07) is 16.7. The van der Waals surface area contributed by atoms with Crippen LogP contribution in [0.1, 0.15) is 12.0 Å². The molecule has 4 rings (SSSR count). The molecule has 1 amide bonds. The highest BCUT2D eigenvalue weighted by Crippen LogP contribution is 2.29. The molecule has 0 spiro atoms. The predicted molar refractivity (Wildman–Crippen MR) is 98.6 cm³/mol. The number of halogens is 1. The first-order valence-electron chi connectivity index (χ1n) is 9.16. The third kappa shape index (κ3) is 3.64. The second kappa shape index (κ2) is 7.56. The summed E-state index contributed by atoms with van der Waals surface area (Å²) in [6.45, 7) is 2.83. The van der Waals surface area contributed by atoms with E-state index in [1.807, 2.05) is 11.0 Å². The summed E-state index contributed by atoms with van der Waals surface area (Å²) >= 11 is 0. The van der Waals surface area contributed by atoms with Gasteiger partial charge in [0.15, 0.2) is 0 Å². The normalized spacial score (nSPS) is 23.7. The van der Waals surface area contributed by atoms with Crippen molar-refractivity contribution in [2.24, 2.45) is 0 Å². The summed E-state index contributed by atoms with van der Waals surface area (Å²) < 4.78 is 19.1. The van der Waals surface area contributed by atoms with Crippen molar-refractivity contribution in [2.75, 3.05) is 31.1 Å². The van der Waals surface area contributed by atoms with Crippen LogP contribution in [-0.4, -0.2) is 49.2 Å². The molecule has 2 fully saturated rings. The molecule has 2 aliphatic rings. The van der Waals surface area contributed by atoms with Gasteiger partial charge in [-0.15, -0.1) is 0 Å². The van der Waals surface area contributed by atoms with Crippen LogP contribution in [0.15, 0.2) is 54.6 Å². The highest BCUT2D eigenvalue weighted by atomic mass is 19.1. The van der Waals surface area contributed by atoms with Crippen molar-refractivity contribution in [1.82, 2.24) is 4.90 Å². The maximum Gasteiger partial charge on any atom is 0.253 e. The molecule has 0 radical (unpaired) electrons. The maximum absolute atomic E-state index is 13.2. The van der Waals surface area contributed by atoms with E-state index in [1.54, 1.807) is 12.1 Å². The summed E-state index contributed by atoms with van der Waals surface area (Å²) in [6.07, 6.45) is 1.88. The van der Waals surface area contributed by atoms with Crippen molar-refractivity contribution < 1.29 is 13.9 Å². The molecule has 136 valence electrons. The molecule has 0 aliphatic carbocycles. The van der Waals surface area contributed by atoms with Gasteiger partial charge in [0, 0.05) is 25.3 Å². The number of piperidine rings is 1. The lowest BCUT2D eigenvalue weighted by atomic mass is 9.97. The predicted octanol–water partition coefficient (Wildman–Crippen LogP) is 2.87. The van der Waals surface area contributed by atoms with Gasteiger partial charge in [-0.25, -0.2) is 4.39 Å². The summed E-state index contributed by atoms with van der Waals surface area (Å²) in [7, 11) is 0. The lowest BCUT2D eigenvalue weighted by Gasteiger charge is -2.46. The van der Waals surface area contributed by atoms with Gasteiger partial charge in [0.2, 0.25) is 0 Å². The molecule has 2 aromatic carbocycles. The minimum absolute atomic E-state index is 0.00211. The Morgan fingerprint density at radius 2 is 1.85 bits per heavy atom. The van der Waals surface area contributed by atoms with Crippen LogP contribution in [0.3, 0.4) is 0 Å². The largest absolute Gasteiger partial charge is 0.365 e. The van der Waals surface area contributed by atoms with Crippen LogP contribution in [-0.2, 0) is 16.0 Å². The number of morpholine rings is 1. The third-order valence-electron chi connectivity index (χ3n) is 5.29. The van der Waals surface area contributed by atoms with Crippen LogP contribution in [0.2, 0.25) is 0 Å². The summed E-state index contributed by atoms with van der Waals surface area (Å²) in [4.78, 5) is 16.6. The Labute approximate surface area is 153 Å². The fourth-order valence-corrected chi connectivity index (χ4v) is 3.93. The first kappa shape index (κ1) is 17.2. The number of ether oxygens (including phenoxy) is 1. The number of hydrogen-bond acceptors (Lipinski definition) is 3. The van der Waals surface area contributed by atoms with Crippen molar-refractivity contribution in [1.29, 1.82) is 0 Å². The quantitative estimate of drug-likeness (QED) is 0.846. The molecule has 0 saturated carbocycles. The van der Waals surface area contributed by atoms with Crippen molar-refractivity contribution >= 4 is 11.6 Å². The Morgan fingerprint density at radius 1 is 1.08 bits per heavy atom. The molecule has 5 heteroatoms. The number of fused-ring (bicyclic) bond motifs is 1. The topological polar surface area (TPSA) is 32.8 Å². The first-order valence-corrected chi connectivity index (χ1v) is 9.16. The van der Waals surface area contributed by atoms with Gasteiger partial charge < -0.3 is 14.5 Å². The number of hydrogen-bond donors (Lipinski definition) is 0. The van der Waals surface area contributed by atoms with Crippen molar-refractivity contribution in [3.8, 4) is 0 Å². The van der Waals surface area contributed by atoms with E-state index in [-0.39, 0.29) is 30.5 Å². The van der Waals surface area contributed by atoms with Crippen molar-refractivity contribution in [2.45, 2.75) is 25.0 Å². The van der Waals surface area contributed by atoms with Gasteiger partial charge in [0.1, 0.15) is 12.4 Å². The average Bonchev–Trinajstić information content (AvgIpc) is 2.68. The fourth-order valence-electron chi connectivity index (χ4n) is 3.93. The zero-order valence-electron chi connectivity index (χ0n) is 14.7. The molecule has 0 bridgehead atoms. The van der Waals surface area contributed by atoms with Crippen LogP contribution in [0.25, 0.3) is 0 Å². The second-order valence-electron chi connectivity index (χ2n) is 6.98. The lowest BCUT2D eigenvalue weighted by molar-refractivity contribution is -0.135. The van der Waals surface area contributed by atoms with Crippen LogP contribution < -0.4 is 4.90 Å². The Kier molecular flexibility index (Phi) is 5.00. The van der Waals surface area contributed by atoms with Gasteiger partial charge in [-0.3, -0.25) is 4.79 Å². The molecule has 2 saturated heterocycles. The molecule has 4 nitrogen and oxygen atoms in total. The van der Waals surface area contributed by atoms with Gasteiger partial charge in [-0.05, 0) is 42.7 Å². The van der Waals surface area contributed by atoms with Gasteiger partial charge >= 0.3 is 0 Å². The highest BCUT2D eigenvalue weighted by Gasteiger charge is 2.40. The van der Waals surface area contributed by atoms with Crippen LogP contribution in [0.4, 0.5) is 10.1 Å². The zero-order valence-corrected chi connectivity index (χ0v) is 14.7. The number of benzene rings is 2. The SMILES string of the molecule is O=C1CO[C@H]2CN(CCc3ccccc3)CC[C@@H]2N1c1ccc(F)cc1. The monoisotopic (exact) mass is 354 g/mol. The third-order valence-corrected chi connectivity index (χ3v) is 5.29. The summed E-state index contributed by atoms with van der Waals surface area (Å²) in [5.74, 6) is -0.336. The summed E-state index contributed by atoms with van der Waals surface area (Å²) in [5, 5.41) is 0. The van der Waals surface area contributed by atoms with Crippen LogP contribution in [0, 0.1) is 5.82 Å². The number of rotatable bonds is 4. The van der Waals surface area contributed by atoms with Gasteiger partial charge in [-0.2, -0.15) is 0 Å². The van der Waals surface area contributed by atoms with Crippen molar-refractivity contribution in [3.05, 3.63) is 66.0 Å². The molecule has 26 heavy (non-hydrogen) atoms. The second-order valence-corrected chi connectivity index (χ2v) is 6.98. The van der Waals surface area contributed by atoms with Crippen molar-refractivity contribution in [3.63, 3.8) is 0 Å². The number of nitrogens with zero attached hydrogens (tertiary/aromatic N) is 2. The van der Waals surface area contributed by atoms with Crippen LogP contribution in [0.5, 0.6) is 0 Å². The maximum atomic E-state index is 13.2. The zero-order chi connectivity index (χ0) is 17.9. The van der Waals surface area contributed by atoms with Crippen LogP contribution >= 0.6 is 0 Å². The standard InChI is InChI=1S/C21H23FN2O2/c22-17-6-8-18(9-7-17)24-19-11-13-23(14-20(19)26-15-21(24)25)12-10-16-4-2-1-3-5-16/h1-9,19-20H,10-15H2/t19-,20-/m0/s1. The van der Waals surface area contributed by atoms with E-state index in [1.165, 1.54) is 17.7 Å². The minimum Gasteiger partial charge on any atom is -0.365 e. The van der Waals surface area contributed by atoms with E-state index >= 15 is 0 Å². The highest BCUT2D eigenvalue weighted by molar-refractivity contribution is 5.95. The Hall–Kier alpha value is -2.24. The Balaban J connectivity index is 1.42. The fraction of sp³-hybridized carbons (Fsp3) is 0.381. The molecule has 2 aliphatic heterocycles. The van der Waals surface area contributed by atoms with E-state index in [0.717, 1.165) is 38.2 Å². The smallest absolute Gasteiger partial charge is 0.253 e. The van der Waals surface area contributed by atoms with Gasteiger partial charge in [0.25, 0.3) is 5.91 Å². The number of carbonyl (C=O) groups excluding carboxylic acids is 1.